The summed E-state index contributed by atoms with van der Waals surface area (Å²) in [4.78, 5) is 46.7. The summed E-state index contributed by atoms with van der Waals surface area (Å²) in [6, 6.07) is -1.33. The Kier molecular flexibility index (Phi) is 4.86. The summed E-state index contributed by atoms with van der Waals surface area (Å²) in [6.45, 7) is 6.71. The zero-order valence-electron chi connectivity index (χ0n) is 12.0. The number of carbonyl (C=O) groups excluding carboxylic acids is 4. The number of carbonyl (C=O) groups is 4. The maximum atomic E-state index is 11.9. The first kappa shape index (κ1) is 16.1. The Labute approximate surface area is 117 Å². The largest absolute Gasteiger partial charge is 0.465 e. The molecule has 20 heavy (non-hydrogen) atoms. The van der Waals surface area contributed by atoms with Gasteiger partial charge in [-0.15, -0.1) is 0 Å². The molecule has 0 aromatic heterocycles. The number of esters is 1. The van der Waals surface area contributed by atoms with Crippen LogP contribution in [0.4, 0.5) is 4.79 Å². The van der Waals surface area contributed by atoms with E-state index in [9.17, 15) is 19.2 Å². The Hall–Kier alpha value is -1.92. The molecule has 1 N–H and O–H groups in total. The van der Waals surface area contributed by atoms with Gasteiger partial charge in [0, 0.05) is 6.42 Å². The molecule has 0 aliphatic heterocycles. The van der Waals surface area contributed by atoms with Crippen molar-refractivity contribution in [3.63, 3.8) is 0 Å². The van der Waals surface area contributed by atoms with Crippen molar-refractivity contribution in [2.24, 2.45) is 5.92 Å². The predicted molar refractivity (Wildman–Crippen MR) is 67.9 cm³/mol. The molecule has 1 fully saturated rings. The summed E-state index contributed by atoms with van der Waals surface area (Å²) in [5.41, 5.74) is -0.741. The molecule has 7 heteroatoms. The SMILES string of the molecule is CCOC(=O)C1CC(=O)[C@@H](NC(=O)OC(C)(C)C)C1=O. The first-order valence-electron chi connectivity index (χ1n) is 6.38. The molecule has 0 heterocycles. The predicted octanol–water partition coefficient (Wildman–Crippen LogP) is 0.601. The van der Waals surface area contributed by atoms with E-state index in [1.807, 2.05) is 0 Å². The lowest BCUT2D eigenvalue weighted by Crippen LogP contribution is -2.45. The molecule has 112 valence electrons. The lowest BCUT2D eigenvalue weighted by atomic mass is 10.1. The van der Waals surface area contributed by atoms with Crippen molar-refractivity contribution in [1.82, 2.24) is 5.32 Å². The van der Waals surface area contributed by atoms with Crippen LogP contribution in [0.1, 0.15) is 34.1 Å². The molecule has 1 rings (SSSR count). The summed E-state index contributed by atoms with van der Waals surface area (Å²) in [7, 11) is 0. The van der Waals surface area contributed by atoms with Crippen LogP contribution in [0.3, 0.4) is 0 Å². The van der Waals surface area contributed by atoms with E-state index in [1.165, 1.54) is 0 Å². The van der Waals surface area contributed by atoms with Crippen molar-refractivity contribution in [3.8, 4) is 0 Å². The molecule has 0 spiro atoms. The van der Waals surface area contributed by atoms with Crippen molar-refractivity contribution >= 4 is 23.6 Å². The molecular weight excluding hydrogens is 266 g/mol. The quantitative estimate of drug-likeness (QED) is 0.602. The molecule has 1 saturated carbocycles. The molecule has 0 saturated heterocycles. The van der Waals surface area contributed by atoms with Crippen molar-refractivity contribution in [2.45, 2.75) is 45.8 Å². The topological polar surface area (TPSA) is 98.8 Å². The van der Waals surface area contributed by atoms with E-state index in [-0.39, 0.29) is 13.0 Å². The second kappa shape index (κ2) is 6.02. The number of hydrogen-bond acceptors (Lipinski definition) is 6. The van der Waals surface area contributed by atoms with Gasteiger partial charge in [0.2, 0.25) is 0 Å². The Morgan fingerprint density at radius 1 is 1.30 bits per heavy atom. The van der Waals surface area contributed by atoms with E-state index in [0.29, 0.717) is 0 Å². The van der Waals surface area contributed by atoms with E-state index in [2.05, 4.69) is 5.32 Å². The van der Waals surface area contributed by atoms with E-state index in [4.69, 9.17) is 9.47 Å². The zero-order valence-corrected chi connectivity index (χ0v) is 12.0. The molecule has 0 radical (unpaired) electrons. The van der Waals surface area contributed by atoms with E-state index >= 15 is 0 Å². The van der Waals surface area contributed by atoms with Gasteiger partial charge in [-0.3, -0.25) is 14.4 Å². The van der Waals surface area contributed by atoms with Gasteiger partial charge in [-0.05, 0) is 27.7 Å². The van der Waals surface area contributed by atoms with Crippen molar-refractivity contribution in [2.75, 3.05) is 6.61 Å². The van der Waals surface area contributed by atoms with Gasteiger partial charge < -0.3 is 14.8 Å². The summed E-state index contributed by atoms with van der Waals surface area (Å²) < 4.78 is 9.69. The third-order valence-electron chi connectivity index (χ3n) is 2.59. The van der Waals surface area contributed by atoms with Crippen LogP contribution < -0.4 is 5.32 Å². The number of ether oxygens (including phenoxy) is 2. The highest BCUT2D eigenvalue weighted by Crippen LogP contribution is 2.21. The van der Waals surface area contributed by atoms with Crippen LogP contribution in [-0.4, -0.2) is 41.9 Å². The van der Waals surface area contributed by atoms with Crippen LogP contribution in [0.15, 0.2) is 0 Å². The van der Waals surface area contributed by atoms with Crippen LogP contribution in [0.25, 0.3) is 0 Å². The number of ketones is 2. The molecule has 0 aromatic rings. The van der Waals surface area contributed by atoms with Gasteiger partial charge >= 0.3 is 12.1 Å². The van der Waals surface area contributed by atoms with Gasteiger partial charge in [0.25, 0.3) is 0 Å². The van der Waals surface area contributed by atoms with Crippen LogP contribution in [-0.2, 0) is 23.9 Å². The van der Waals surface area contributed by atoms with Crippen molar-refractivity contribution in [1.29, 1.82) is 0 Å². The van der Waals surface area contributed by atoms with Gasteiger partial charge in [0.05, 0.1) is 6.61 Å². The van der Waals surface area contributed by atoms with Crippen LogP contribution in [0, 0.1) is 5.92 Å². The lowest BCUT2D eigenvalue weighted by Gasteiger charge is -2.21. The Morgan fingerprint density at radius 2 is 1.90 bits per heavy atom. The average molecular weight is 285 g/mol. The van der Waals surface area contributed by atoms with E-state index < -0.39 is 41.2 Å². The smallest absolute Gasteiger partial charge is 0.408 e. The molecule has 0 bridgehead atoms. The fourth-order valence-corrected chi connectivity index (χ4v) is 1.80. The van der Waals surface area contributed by atoms with E-state index in [1.54, 1.807) is 27.7 Å². The standard InChI is InChI=1S/C13H19NO6/c1-5-19-11(17)7-6-8(15)9(10(7)16)14-12(18)20-13(2,3)4/h7,9H,5-6H2,1-4H3,(H,14,18)/t7?,9-/m1/s1. The summed E-state index contributed by atoms with van der Waals surface area (Å²) in [6.07, 6.45) is -1.12. The molecular formula is C13H19NO6. The Morgan fingerprint density at radius 3 is 2.40 bits per heavy atom. The van der Waals surface area contributed by atoms with Crippen molar-refractivity contribution in [3.05, 3.63) is 0 Å². The normalized spacial score (nSPS) is 22.6. The van der Waals surface area contributed by atoms with Gasteiger partial charge in [-0.2, -0.15) is 0 Å². The monoisotopic (exact) mass is 285 g/mol. The number of amides is 1. The molecule has 2 atom stereocenters. The zero-order chi connectivity index (χ0) is 15.5. The molecule has 0 aromatic carbocycles. The third-order valence-corrected chi connectivity index (χ3v) is 2.59. The van der Waals surface area contributed by atoms with Gasteiger partial charge in [-0.1, -0.05) is 0 Å². The van der Waals surface area contributed by atoms with Crippen molar-refractivity contribution < 1.29 is 28.7 Å². The number of alkyl carbamates (subject to hydrolysis) is 1. The lowest BCUT2D eigenvalue weighted by molar-refractivity contribution is -0.150. The molecule has 1 aliphatic carbocycles. The highest BCUT2D eigenvalue weighted by atomic mass is 16.6. The highest BCUT2D eigenvalue weighted by Gasteiger charge is 2.46. The van der Waals surface area contributed by atoms with Gasteiger partial charge in [-0.25, -0.2) is 4.79 Å². The molecule has 1 unspecified atom stereocenters. The Balaban J connectivity index is 2.68. The van der Waals surface area contributed by atoms with Crippen LogP contribution >= 0.6 is 0 Å². The Bertz CT molecular complexity index is 437. The van der Waals surface area contributed by atoms with Gasteiger partial charge in [0.1, 0.15) is 11.5 Å². The minimum Gasteiger partial charge on any atom is -0.465 e. The maximum absolute atomic E-state index is 11.9. The number of Topliss-reactive ketones (excluding diaryl/α,β-unsaturated/α-hetero) is 2. The summed E-state index contributed by atoms with van der Waals surface area (Å²) in [5.74, 6) is -3.04. The molecule has 1 amide bonds. The first-order valence-corrected chi connectivity index (χ1v) is 6.38. The number of rotatable bonds is 3. The second-order valence-electron chi connectivity index (χ2n) is 5.46. The second-order valence-corrected chi connectivity index (χ2v) is 5.46. The summed E-state index contributed by atoms with van der Waals surface area (Å²) >= 11 is 0. The van der Waals surface area contributed by atoms with Crippen LogP contribution in [0.5, 0.6) is 0 Å². The molecule has 1 aliphatic rings. The highest BCUT2D eigenvalue weighted by molar-refractivity contribution is 6.21. The minimum absolute atomic E-state index is 0.126. The molecule has 7 nitrogen and oxygen atoms in total. The van der Waals surface area contributed by atoms with E-state index in [0.717, 1.165) is 0 Å². The minimum atomic E-state index is -1.33. The fraction of sp³-hybridized carbons (Fsp3) is 0.692. The number of nitrogens with one attached hydrogen (secondary N) is 1. The van der Waals surface area contributed by atoms with Gasteiger partial charge in [0.15, 0.2) is 17.6 Å². The maximum Gasteiger partial charge on any atom is 0.408 e. The average Bonchev–Trinajstić information content (AvgIpc) is 2.55. The third kappa shape index (κ3) is 4.04. The van der Waals surface area contributed by atoms with Crippen LogP contribution in [0.2, 0.25) is 0 Å². The summed E-state index contributed by atoms with van der Waals surface area (Å²) in [5, 5.41) is 2.19. The number of hydrogen-bond donors (Lipinski definition) is 1. The first-order chi connectivity index (χ1) is 9.15. The fourth-order valence-electron chi connectivity index (χ4n) is 1.80.